The number of carbonyl (C=O) groups excluding carboxylic acids is 2. The van der Waals surface area contributed by atoms with Gasteiger partial charge in [-0.05, 0) is 26.0 Å². The van der Waals surface area contributed by atoms with Crippen LogP contribution in [0.2, 0.25) is 0 Å². The van der Waals surface area contributed by atoms with Crippen molar-refractivity contribution in [2.75, 3.05) is 17.7 Å². The van der Waals surface area contributed by atoms with E-state index < -0.39 is 5.97 Å². The maximum absolute atomic E-state index is 12.5. The Morgan fingerprint density at radius 3 is 2.90 bits per heavy atom. The summed E-state index contributed by atoms with van der Waals surface area (Å²) in [5.41, 5.74) is 3.20. The van der Waals surface area contributed by atoms with E-state index >= 15 is 0 Å². The summed E-state index contributed by atoms with van der Waals surface area (Å²) in [5, 5.41) is 11.6. The first-order chi connectivity index (χ1) is 14.1. The lowest BCUT2D eigenvalue weighted by Crippen LogP contribution is -2.17. The Hall–Kier alpha value is -3.33. The zero-order valence-corrected chi connectivity index (χ0v) is 16.7. The number of amides is 1. The monoisotopic (exact) mass is 410 g/mol. The van der Waals surface area contributed by atoms with Crippen molar-refractivity contribution in [1.82, 2.24) is 14.6 Å². The van der Waals surface area contributed by atoms with Gasteiger partial charge in [0.25, 0.3) is 0 Å². The largest absolute Gasteiger partial charge is 0.462 e. The number of carbonyl (C=O) groups is 2. The van der Waals surface area contributed by atoms with Gasteiger partial charge in [-0.3, -0.25) is 9.20 Å². The van der Waals surface area contributed by atoms with E-state index in [9.17, 15) is 9.59 Å². The number of esters is 1. The molecule has 4 aromatic rings. The highest BCUT2D eigenvalue weighted by Crippen LogP contribution is 2.28. The van der Waals surface area contributed by atoms with E-state index in [4.69, 9.17) is 9.15 Å². The lowest BCUT2D eigenvalue weighted by atomic mass is 10.2. The van der Waals surface area contributed by atoms with Crippen LogP contribution in [-0.2, 0) is 9.53 Å². The van der Waals surface area contributed by atoms with Crippen LogP contribution in [0.15, 0.2) is 52.2 Å². The van der Waals surface area contributed by atoms with Crippen LogP contribution in [0.3, 0.4) is 0 Å². The van der Waals surface area contributed by atoms with Crippen molar-refractivity contribution in [3.8, 4) is 0 Å². The third kappa shape index (κ3) is 3.81. The van der Waals surface area contributed by atoms with Crippen LogP contribution in [0.1, 0.15) is 23.0 Å². The van der Waals surface area contributed by atoms with E-state index in [0.29, 0.717) is 16.3 Å². The number of nitrogens with zero attached hydrogens (tertiary/aromatic N) is 3. The summed E-state index contributed by atoms with van der Waals surface area (Å²) in [6.45, 7) is 3.88. The van der Waals surface area contributed by atoms with Crippen molar-refractivity contribution >= 4 is 45.9 Å². The molecule has 0 atom stereocenters. The minimum absolute atomic E-state index is 0.108. The second-order valence-corrected chi connectivity index (χ2v) is 7.21. The van der Waals surface area contributed by atoms with Crippen LogP contribution in [0.25, 0.3) is 16.6 Å². The molecule has 1 amide bonds. The van der Waals surface area contributed by atoms with E-state index in [2.05, 4.69) is 15.5 Å². The highest BCUT2D eigenvalue weighted by molar-refractivity contribution is 8.00. The van der Waals surface area contributed by atoms with Crippen LogP contribution >= 0.6 is 11.8 Å². The molecule has 0 aliphatic carbocycles. The van der Waals surface area contributed by atoms with Gasteiger partial charge in [0.1, 0.15) is 17.1 Å². The average molecular weight is 410 g/mol. The van der Waals surface area contributed by atoms with Gasteiger partial charge in [-0.15, -0.1) is 10.2 Å². The Kier molecular flexibility index (Phi) is 5.22. The van der Waals surface area contributed by atoms with Crippen LogP contribution in [-0.4, -0.2) is 38.8 Å². The molecule has 1 N–H and O–H groups in total. The lowest BCUT2D eigenvalue weighted by Gasteiger charge is -2.10. The van der Waals surface area contributed by atoms with E-state index in [1.54, 1.807) is 37.5 Å². The number of benzene rings is 1. The number of thioether (sulfide) groups is 1. The fraction of sp³-hybridized carbons (Fsp3) is 0.200. The number of para-hydroxylation sites is 1. The summed E-state index contributed by atoms with van der Waals surface area (Å²) in [7, 11) is 0. The average Bonchev–Trinajstić information content (AvgIpc) is 3.23. The van der Waals surface area contributed by atoms with Crippen molar-refractivity contribution in [1.29, 1.82) is 0 Å². The van der Waals surface area contributed by atoms with E-state index in [1.807, 2.05) is 23.5 Å². The molecule has 4 rings (SSSR count). The summed E-state index contributed by atoms with van der Waals surface area (Å²) >= 11 is 1.26. The third-order valence-corrected chi connectivity index (χ3v) is 5.19. The number of rotatable bonds is 6. The summed E-state index contributed by atoms with van der Waals surface area (Å²) in [5.74, 6) is 0.186. The normalized spacial score (nSPS) is 11.1. The molecule has 8 nitrogen and oxygen atoms in total. The van der Waals surface area contributed by atoms with Gasteiger partial charge < -0.3 is 14.5 Å². The first-order valence-corrected chi connectivity index (χ1v) is 9.97. The molecular weight excluding hydrogens is 392 g/mol. The first-order valence-electron chi connectivity index (χ1n) is 8.98. The first kappa shape index (κ1) is 19.0. The molecule has 0 aliphatic rings. The minimum Gasteiger partial charge on any atom is -0.462 e. The topological polar surface area (TPSA) is 98.7 Å². The molecular formula is C20H18N4O4S. The van der Waals surface area contributed by atoms with Crippen LogP contribution in [0.5, 0.6) is 0 Å². The molecule has 3 aromatic heterocycles. The number of aryl methyl sites for hydroxylation is 1. The molecule has 0 radical (unpaired) electrons. The van der Waals surface area contributed by atoms with Crippen LogP contribution in [0.4, 0.5) is 5.69 Å². The highest BCUT2D eigenvalue weighted by Gasteiger charge is 2.16. The van der Waals surface area contributed by atoms with Gasteiger partial charge in [0.15, 0.2) is 5.58 Å². The van der Waals surface area contributed by atoms with Gasteiger partial charge in [-0.25, -0.2) is 4.79 Å². The minimum atomic E-state index is -0.474. The molecule has 29 heavy (non-hydrogen) atoms. The van der Waals surface area contributed by atoms with Crippen molar-refractivity contribution in [3.63, 3.8) is 0 Å². The number of aromatic nitrogens is 3. The molecule has 0 saturated carbocycles. The summed E-state index contributed by atoms with van der Waals surface area (Å²) in [6.07, 6.45) is 1.62. The molecule has 3 heterocycles. The fourth-order valence-electron chi connectivity index (χ4n) is 3.01. The molecule has 148 valence electrons. The smallest absolute Gasteiger partial charge is 0.340 e. The van der Waals surface area contributed by atoms with Crippen molar-refractivity contribution in [3.05, 3.63) is 54.0 Å². The maximum atomic E-state index is 12.5. The molecule has 0 saturated heterocycles. The summed E-state index contributed by atoms with van der Waals surface area (Å²) in [6, 6.07) is 10.6. The quantitative estimate of drug-likeness (QED) is 0.382. The van der Waals surface area contributed by atoms with E-state index in [-0.39, 0.29) is 18.3 Å². The zero-order valence-electron chi connectivity index (χ0n) is 15.8. The lowest BCUT2D eigenvalue weighted by molar-refractivity contribution is -0.113. The van der Waals surface area contributed by atoms with Crippen LogP contribution in [0, 0.1) is 6.92 Å². The van der Waals surface area contributed by atoms with Gasteiger partial charge in [-0.1, -0.05) is 23.9 Å². The Morgan fingerprint density at radius 2 is 2.07 bits per heavy atom. The standard InChI is InChI=1S/C20H18N4O4S/c1-3-27-20(26)13-6-4-5-7-14(13)22-18(25)10-29-19-16-9-17-15(8-12(2)28-17)24(16)11-21-23-19/h4-9,11H,3,10H2,1-2H3,(H,22,25). The fourth-order valence-corrected chi connectivity index (χ4v) is 3.76. The van der Waals surface area contributed by atoms with E-state index in [0.717, 1.165) is 22.4 Å². The Morgan fingerprint density at radius 1 is 1.24 bits per heavy atom. The van der Waals surface area contributed by atoms with Gasteiger partial charge >= 0.3 is 5.97 Å². The van der Waals surface area contributed by atoms with Crippen molar-refractivity contribution < 1.29 is 18.7 Å². The van der Waals surface area contributed by atoms with Crippen molar-refractivity contribution in [2.24, 2.45) is 0 Å². The van der Waals surface area contributed by atoms with Crippen molar-refractivity contribution in [2.45, 2.75) is 18.9 Å². The van der Waals surface area contributed by atoms with E-state index in [1.165, 1.54) is 11.8 Å². The molecule has 0 spiro atoms. The second-order valence-electron chi connectivity index (χ2n) is 6.25. The molecule has 0 fully saturated rings. The number of anilines is 1. The Bertz CT molecular complexity index is 1210. The summed E-state index contributed by atoms with van der Waals surface area (Å²) < 4.78 is 12.6. The highest BCUT2D eigenvalue weighted by atomic mass is 32.2. The summed E-state index contributed by atoms with van der Waals surface area (Å²) in [4.78, 5) is 24.5. The van der Waals surface area contributed by atoms with Gasteiger partial charge in [0, 0.05) is 12.1 Å². The molecule has 0 unspecified atom stereocenters. The molecule has 1 aromatic carbocycles. The molecule has 0 aliphatic heterocycles. The number of nitrogens with one attached hydrogen (secondary N) is 1. The Labute approximate surface area is 170 Å². The van der Waals surface area contributed by atoms with Gasteiger partial charge in [0.05, 0.1) is 34.6 Å². The van der Waals surface area contributed by atoms with Crippen LogP contribution < -0.4 is 5.32 Å². The third-order valence-electron chi connectivity index (χ3n) is 4.22. The Balaban J connectivity index is 1.50. The zero-order chi connectivity index (χ0) is 20.4. The molecule has 9 heteroatoms. The maximum Gasteiger partial charge on any atom is 0.340 e. The molecule has 0 bridgehead atoms. The number of hydrogen-bond donors (Lipinski definition) is 1. The number of furan rings is 1. The number of hydrogen-bond acceptors (Lipinski definition) is 7. The predicted octanol–water partition coefficient (Wildman–Crippen LogP) is 3.69. The number of fused-ring (bicyclic) bond motifs is 3. The number of ether oxygens (including phenoxy) is 1. The SMILES string of the molecule is CCOC(=O)c1ccccc1NC(=O)CSc1nncn2c1cc1oc(C)cc12. The second kappa shape index (κ2) is 7.96. The van der Waals surface area contributed by atoms with Gasteiger partial charge in [-0.2, -0.15) is 0 Å². The van der Waals surface area contributed by atoms with Gasteiger partial charge in [0.2, 0.25) is 5.91 Å². The predicted molar refractivity (Wildman–Crippen MR) is 109 cm³/mol.